The van der Waals surface area contributed by atoms with Crippen molar-refractivity contribution in [2.75, 3.05) is 20.6 Å². The van der Waals surface area contributed by atoms with E-state index in [9.17, 15) is 0 Å². The predicted molar refractivity (Wildman–Crippen MR) is 53.3 cm³/mol. The maximum Gasteiger partial charge on any atom is 0.0199 e. The highest BCUT2D eigenvalue weighted by molar-refractivity contribution is 4.82. The molecular weight excluding hydrogens is 148 g/mol. The molecule has 1 aliphatic heterocycles. The van der Waals surface area contributed by atoms with Gasteiger partial charge in [-0.1, -0.05) is 6.92 Å². The van der Waals surface area contributed by atoms with Crippen LogP contribution in [0.1, 0.15) is 26.7 Å². The lowest BCUT2D eigenvalue weighted by atomic mass is 9.90. The Morgan fingerprint density at radius 3 is 2.42 bits per heavy atom. The number of likely N-dealkylation sites (N-methyl/N-ethyl adjacent to an activating group) is 1. The van der Waals surface area contributed by atoms with Gasteiger partial charge in [-0.05, 0) is 39.8 Å². The smallest absolute Gasteiger partial charge is 0.0199 e. The lowest BCUT2D eigenvalue weighted by Crippen LogP contribution is -2.48. The van der Waals surface area contributed by atoms with Gasteiger partial charge >= 0.3 is 0 Å². The number of rotatable bonds is 2. The summed E-state index contributed by atoms with van der Waals surface area (Å²) in [5.74, 6) is 0.895. The van der Waals surface area contributed by atoms with E-state index >= 15 is 0 Å². The van der Waals surface area contributed by atoms with Crippen LogP contribution in [0.3, 0.4) is 0 Å². The van der Waals surface area contributed by atoms with Crippen LogP contribution < -0.4 is 5.32 Å². The zero-order chi connectivity index (χ0) is 9.14. The van der Waals surface area contributed by atoms with Crippen LogP contribution in [-0.2, 0) is 0 Å². The van der Waals surface area contributed by atoms with Gasteiger partial charge in [0.1, 0.15) is 0 Å². The lowest BCUT2D eigenvalue weighted by molar-refractivity contribution is 0.224. The SMILES string of the molecule is CC1CC(C)NC(CN(C)C)C1. The third-order valence-corrected chi connectivity index (χ3v) is 2.55. The molecule has 0 spiro atoms. The van der Waals surface area contributed by atoms with Crippen molar-refractivity contribution in [3.63, 3.8) is 0 Å². The predicted octanol–water partition coefficient (Wildman–Crippen LogP) is 1.32. The molecule has 0 bridgehead atoms. The van der Waals surface area contributed by atoms with Crippen LogP contribution in [0.2, 0.25) is 0 Å². The van der Waals surface area contributed by atoms with E-state index in [-0.39, 0.29) is 0 Å². The quantitative estimate of drug-likeness (QED) is 0.672. The highest BCUT2D eigenvalue weighted by Crippen LogP contribution is 2.19. The number of nitrogens with one attached hydrogen (secondary N) is 1. The second-order valence-corrected chi connectivity index (χ2v) is 4.60. The number of nitrogens with zero attached hydrogens (tertiary/aromatic N) is 1. The first-order valence-corrected chi connectivity index (χ1v) is 4.98. The van der Waals surface area contributed by atoms with Crippen molar-refractivity contribution in [1.82, 2.24) is 10.2 Å². The zero-order valence-corrected chi connectivity index (χ0v) is 8.80. The molecular formula is C10H22N2. The summed E-state index contributed by atoms with van der Waals surface area (Å²) in [5.41, 5.74) is 0. The summed E-state index contributed by atoms with van der Waals surface area (Å²) >= 11 is 0. The van der Waals surface area contributed by atoms with E-state index in [2.05, 4.69) is 38.2 Å². The molecule has 0 amide bonds. The Hall–Kier alpha value is -0.0800. The molecule has 1 aliphatic rings. The van der Waals surface area contributed by atoms with Crippen molar-refractivity contribution in [1.29, 1.82) is 0 Å². The van der Waals surface area contributed by atoms with E-state index in [1.54, 1.807) is 0 Å². The summed E-state index contributed by atoms with van der Waals surface area (Å²) in [6.07, 6.45) is 2.67. The average Bonchev–Trinajstić information content (AvgIpc) is 1.81. The molecule has 0 aliphatic carbocycles. The van der Waals surface area contributed by atoms with Crippen molar-refractivity contribution in [3.05, 3.63) is 0 Å². The maximum absolute atomic E-state index is 3.64. The Kier molecular flexibility index (Phi) is 3.53. The molecule has 12 heavy (non-hydrogen) atoms. The zero-order valence-electron chi connectivity index (χ0n) is 8.80. The largest absolute Gasteiger partial charge is 0.310 e. The van der Waals surface area contributed by atoms with Gasteiger partial charge in [-0.15, -0.1) is 0 Å². The Morgan fingerprint density at radius 1 is 1.25 bits per heavy atom. The molecule has 0 aromatic rings. The van der Waals surface area contributed by atoms with E-state index in [0.717, 1.165) is 5.92 Å². The minimum Gasteiger partial charge on any atom is -0.310 e. The van der Waals surface area contributed by atoms with Crippen LogP contribution >= 0.6 is 0 Å². The van der Waals surface area contributed by atoms with Crippen molar-refractivity contribution in [3.8, 4) is 0 Å². The van der Waals surface area contributed by atoms with Gasteiger partial charge in [-0.3, -0.25) is 0 Å². The van der Waals surface area contributed by atoms with Gasteiger partial charge in [0.05, 0.1) is 0 Å². The molecule has 1 heterocycles. The lowest BCUT2D eigenvalue weighted by Gasteiger charge is -2.34. The van der Waals surface area contributed by atoms with Crippen molar-refractivity contribution in [2.24, 2.45) is 5.92 Å². The molecule has 1 fully saturated rings. The third kappa shape index (κ3) is 3.11. The van der Waals surface area contributed by atoms with Gasteiger partial charge in [0, 0.05) is 18.6 Å². The fourth-order valence-electron chi connectivity index (χ4n) is 2.29. The number of hydrogen-bond donors (Lipinski definition) is 1. The standard InChI is InChI=1S/C10H22N2/c1-8-5-9(2)11-10(6-8)7-12(3)4/h8-11H,5-7H2,1-4H3. The molecule has 3 unspecified atom stereocenters. The normalized spacial score (nSPS) is 37.2. The monoisotopic (exact) mass is 170 g/mol. The molecule has 0 radical (unpaired) electrons. The second-order valence-electron chi connectivity index (χ2n) is 4.60. The highest BCUT2D eigenvalue weighted by Gasteiger charge is 2.22. The molecule has 0 saturated carbocycles. The molecule has 2 heteroatoms. The van der Waals surface area contributed by atoms with Gasteiger partial charge in [0.2, 0.25) is 0 Å². The summed E-state index contributed by atoms with van der Waals surface area (Å²) in [4.78, 5) is 2.27. The van der Waals surface area contributed by atoms with Crippen LogP contribution in [-0.4, -0.2) is 37.6 Å². The van der Waals surface area contributed by atoms with E-state index in [4.69, 9.17) is 0 Å². The van der Waals surface area contributed by atoms with Gasteiger partial charge in [0.15, 0.2) is 0 Å². The first-order valence-electron chi connectivity index (χ1n) is 4.98. The number of piperidine rings is 1. The van der Waals surface area contributed by atoms with Crippen LogP contribution in [0.15, 0.2) is 0 Å². The Bertz CT molecular complexity index is 121. The Labute approximate surface area is 76.3 Å². The summed E-state index contributed by atoms with van der Waals surface area (Å²) in [6, 6.07) is 1.41. The van der Waals surface area contributed by atoms with E-state index in [0.29, 0.717) is 12.1 Å². The molecule has 2 nitrogen and oxygen atoms in total. The van der Waals surface area contributed by atoms with E-state index < -0.39 is 0 Å². The van der Waals surface area contributed by atoms with Crippen LogP contribution in [0, 0.1) is 5.92 Å². The Morgan fingerprint density at radius 2 is 1.92 bits per heavy atom. The molecule has 72 valence electrons. The van der Waals surface area contributed by atoms with E-state index in [1.807, 2.05) is 0 Å². The molecule has 1 rings (SSSR count). The average molecular weight is 170 g/mol. The van der Waals surface area contributed by atoms with Gasteiger partial charge in [-0.25, -0.2) is 0 Å². The molecule has 0 aromatic heterocycles. The van der Waals surface area contributed by atoms with Crippen molar-refractivity contribution < 1.29 is 0 Å². The van der Waals surface area contributed by atoms with Crippen molar-refractivity contribution >= 4 is 0 Å². The first kappa shape index (κ1) is 10.0. The number of hydrogen-bond acceptors (Lipinski definition) is 2. The van der Waals surface area contributed by atoms with Crippen LogP contribution in [0.5, 0.6) is 0 Å². The molecule has 0 aromatic carbocycles. The first-order chi connectivity index (χ1) is 5.58. The minimum absolute atomic E-state index is 0.707. The maximum atomic E-state index is 3.64. The topological polar surface area (TPSA) is 15.3 Å². The Balaban J connectivity index is 2.34. The molecule has 1 saturated heterocycles. The van der Waals surface area contributed by atoms with E-state index in [1.165, 1.54) is 19.4 Å². The fraction of sp³-hybridized carbons (Fsp3) is 1.00. The summed E-state index contributed by atoms with van der Waals surface area (Å²) in [5, 5.41) is 3.64. The van der Waals surface area contributed by atoms with Gasteiger partial charge in [-0.2, -0.15) is 0 Å². The van der Waals surface area contributed by atoms with Gasteiger partial charge < -0.3 is 10.2 Å². The van der Waals surface area contributed by atoms with Gasteiger partial charge in [0.25, 0.3) is 0 Å². The second kappa shape index (κ2) is 4.24. The fourth-order valence-corrected chi connectivity index (χ4v) is 2.29. The van der Waals surface area contributed by atoms with Crippen molar-refractivity contribution in [2.45, 2.75) is 38.8 Å². The third-order valence-electron chi connectivity index (χ3n) is 2.55. The summed E-state index contributed by atoms with van der Waals surface area (Å²) < 4.78 is 0. The minimum atomic E-state index is 0.707. The molecule has 1 N–H and O–H groups in total. The van der Waals surface area contributed by atoms with Crippen LogP contribution in [0.25, 0.3) is 0 Å². The summed E-state index contributed by atoms with van der Waals surface area (Å²) in [6.45, 7) is 5.83. The highest BCUT2D eigenvalue weighted by atomic mass is 15.1. The summed E-state index contributed by atoms with van der Waals surface area (Å²) in [7, 11) is 4.29. The van der Waals surface area contributed by atoms with Crippen LogP contribution in [0.4, 0.5) is 0 Å². The molecule has 3 atom stereocenters.